The first kappa shape index (κ1) is 23.2. The third-order valence-corrected chi connectivity index (χ3v) is 7.63. The third-order valence-electron chi connectivity index (χ3n) is 7.63. The zero-order chi connectivity index (χ0) is 25.7. The Bertz CT molecular complexity index is 1520. The van der Waals surface area contributed by atoms with Gasteiger partial charge in [0.2, 0.25) is 5.91 Å². The Balaban J connectivity index is 1.65. The molecule has 2 atom stereocenters. The number of carbonyl (C=O) groups excluding carboxylic acids is 1. The summed E-state index contributed by atoms with van der Waals surface area (Å²) in [6.07, 6.45) is 2.26. The molecule has 0 bridgehead atoms. The van der Waals surface area contributed by atoms with Gasteiger partial charge in [0, 0.05) is 25.4 Å². The average molecular weight is 498 g/mol. The molecule has 5 heterocycles. The fourth-order valence-corrected chi connectivity index (χ4v) is 5.76. The summed E-state index contributed by atoms with van der Waals surface area (Å²) in [5, 5.41) is 16.8. The van der Waals surface area contributed by atoms with Crippen molar-refractivity contribution in [2.75, 3.05) is 26.7 Å². The van der Waals surface area contributed by atoms with E-state index >= 15 is 0 Å². The van der Waals surface area contributed by atoms with Crippen LogP contribution >= 0.6 is 0 Å². The minimum absolute atomic E-state index is 0.188. The number of nitrogens with one attached hydrogen (secondary N) is 1. The van der Waals surface area contributed by atoms with Gasteiger partial charge in [-0.3, -0.25) is 9.78 Å². The lowest BCUT2D eigenvalue weighted by Gasteiger charge is -2.39. The van der Waals surface area contributed by atoms with E-state index in [4.69, 9.17) is 14.2 Å². The van der Waals surface area contributed by atoms with Gasteiger partial charge >= 0.3 is 0 Å². The van der Waals surface area contributed by atoms with Crippen molar-refractivity contribution >= 4 is 16.9 Å². The second-order valence-corrected chi connectivity index (χ2v) is 9.64. The first-order valence-electron chi connectivity index (χ1n) is 12.3. The van der Waals surface area contributed by atoms with E-state index in [1.165, 1.54) is 0 Å². The number of amides is 1. The summed E-state index contributed by atoms with van der Waals surface area (Å²) in [5.41, 5.74) is 4.33. The Morgan fingerprint density at radius 1 is 1.32 bits per heavy atom. The van der Waals surface area contributed by atoms with Crippen LogP contribution in [0.5, 0.6) is 5.75 Å². The molecule has 188 valence electrons. The summed E-state index contributed by atoms with van der Waals surface area (Å²) < 4.78 is 14.1. The number of nitriles is 1. The van der Waals surface area contributed by atoms with Crippen molar-refractivity contribution in [1.82, 2.24) is 29.9 Å². The van der Waals surface area contributed by atoms with Crippen LogP contribution in [0.2, 0.25) is 0 Å². The Kier molecular flexibility index (Phi) is 5.46. The van der Waals surface area contributed by atoms with Crippen LogP contribution in [0.15, 0.2) is 41.1 Å². The normalized spacial score (nSPS) is 20.5. The van der Waals surface area contributed by atoms with Crippen LogP contribution in [0.3, 0.4) is 0 Å². The number of ether oxygens (including phenoxy) is 1. The van der Waals surface area contributed by atoms with E-state index in [9.17, 15) is 10.1 Å². The van der Waals surface area contributed by atoms with Crippen LogP contribution in [0, 0.1) is 25.2 Å². The van der Waals surface area contributed by atoms with Crippen LogP contribution in [0.25, 0.3) is 22.2 Å². The minimum Gasteiger partial charge on any atom is -0.488 e. The van der Waals surface area contributed by atoms with Gasteiger partial charge in [0.05, 0.1) is 28.5 Å². The van der Waals surface area contributed by atoms with Gasteiger partial charge in [-0.05, 0) is 51.1 Å². The SMILES string of the molecule is Cc1noc(C)c1-c1ccc2nc([C@@]3(N(C)C(=O)CC#N)CCNC3)n3c2c1OC[C@@H]3c1ccccn1. The number of hydrogen-bond donors (Lipinski definition) is 1. The molecule has 1 fully saturated rings. The Morgan fingerprint density at radius 3 is 2.86 bits per heavy atom. The highest BCUT2D eigenvalue weighted by atomic mass is 16.5. The van der Waals surface area contributed by atoms with Gasteiger partial charge in [-0.1, -0.05) is 11.2 Å². The average Bonchev–Trinajstić information content (AvgIpc) is 3.64. The summed E-state index contributed by atoms with van der Waals surface area (Å²) in [6.45, 7) is 5.42. The van der Waals surface area contributed by atoms with Gasteiger partial charge in [0.25, 0.3) is 0 Å². The van der Waals surface area contributed by atoms with Gasteiger partial charge < -0.3 is 24.0 Å². The van der Waals surface area contributed by atoms with E-state index in [2.05, 4.69) is 20.0 Å². The molecule has 1 amide bonds. The number of nitrogens with zero attached hydrogens (tertiary/aromatic N) is 6. The molecule has 37 heavy (non-hydrogen) atoms. The number of likely N-dealkylation sites (N-methyl/N-ethyl adjacent to an activating group) is 1. The summed E-state index contributed by atoms with van der Waals surface area (Å²) >= 11 is 0. The Hall–Kier alpha value is -4.23. The first-order chi connectivity index (χ1) is 18.0. The van der Waals surface area contributed by atoms with Gasteiger partial charge in [-0.15, -0.1) is 0 Å². The third kappa shape index (κ3) is 3.42. The molecule has 0 unspecified atom stereocenters. The van der Waals surface area contributed by atoms with Crippen LogP contribution in [-0.4, -0.2) is 57.2 Å². The molecular formula is C27H27N7O3. The lowest BCUT2D eigenvalue weighted by Crippen LogP contribution is -2.50. The number of carbonyl (C=O) groups is 1. The summed E-state index contributed by atoms with van der Waals surface area (Å²) in [6, 6.07) is 11.6. The molecule has 1 saturated heterocycles. The Morgan fingerprint density at radius 2 is 2.19 bits per heavy atom. The van der Waals surface area contributed by atoms with Crippen molar-refractivity contribution < 1.29 is 14.1 Å². The molecule has 0 aliphatic carbocycles. The molecule has 0 saturated carbocycles. The van der Waals surface area contributed by atoms with Crippen LogP contribution in [-0.2, 0) is 10.3 Å². The molecule has 1 N–H and O–H groups in total. The molecule has 10 nitrogen and oxygen atoms in total. The summed E-state index contributed by atoms with van der Waals surface area (Å²) in [4.78, 5) is 24.5. The fraction of sp³-hybridized carbons (Fsp3) is 0.370. The fourth-order valence-electron chi connectivity index (χ4n) is 5.76. The molecule has 2 aliphatic rings. The van der Waals surface area contributed by atoms with Crippen molar-refractivity contribution in [2.45, 2.75) is 38.3 Å². The van der Waals surface area contributed by atoms with E-state index < -0.39 is 5.54 Å². The van der Waals surface area contributed by atoms with E-state index in [1.54, 1.807) is 18.1 Å². The second kappa shape index (κ2) is 8.71. The van der Waals surface area contributed by atoms with Crippen LogP contribution < -0.4 is 10.1 Å². The maximum Gasteiger partial charge on any atom is 0.237 e. The number of benzene rings is 1. The Labute approximate surface area is 213 Å². The second-order valence-electron chi connectivity index (χ2n) is 9.64. The topological polar surface area (TPSA) is 122 Å². The van der Waals surface area contributed by atoms with Crippen molar-refractivity contribution in [1.29, 1.82) is 5.26 Å². The number of imidazole rings is 1. The highest BCUT2D eigenvalue weighted by molar-refractivity contribution is 5.93. The smallest absolute Gasteiger partial charge is 0.237 e. The lowest BCUT2D eigenvalue weighted by molar-refractivity contribution is -0.134. The maximum atomic E-state index is 13.0. The van der Waals surface area contributed by atoms with E-state index in [1.807, 2.05) is 50.2 Å². The molecule has 0 radical (unpaired) electrons. The van der Waals surface area contributed by atoms with E-state index in [0.717, 1.165) is 45.9 Å². The van der Waals surface area contributed by atoms with E-state index in [-0.39, 0.29) is 18.4 Å². The maximum absolute atomic E-state index is 13.0. The standard InChI is InChI=1S/C27H27N7O3/c1-16-23(17(2)37-32-16)18-7-8-20-24-25(18)36-14-21(19-6-4-5-12-30-19)34(24)26(31-20)27(10-13-29-15-27)33(3)22(35)9-11-28/h4-8,12,21,29H,9-10,13-15H2,1-3H3/t21-,27-/m1/s1. The molecule has 10 heteroatoms. The van der Waals surface area contributed by atoms with Crippen molar-refractivity contribution in [3.63, 3.8) is 0 Å². The molecular weight excluding hydrogens is 470 g/mol. The van der Waals surface area contributed by atoms with Crippen molar-refractivity contribution in [2.24, 2.45) is 0 Å². The van der Waals surface area contributed by atoms with Gasteiger partial charge in [-0.25, -0.2) is 4.98 Å². The predicted octanol–water partition coefficient (Wildman–Crippen LogP) is 3.25. The summed E-state index contributed by atoms with van der Waals surface area (Å²) in [7, 11) is 1.77. The molecule has 3 aromatic heterocycles. The monoisotopic (exact) mass is 497 g/mol. The highest BCUT2D eigenvalue weighted by Gasteiger charge is 2.48. The van der Waals surface area contributed by atoms with Crippen LogP contribution in [0.1, 0.15) is 41.9 Å². The van der Waals surface area contributed by atoms with Crippen LogP contribution in [0.4, 0.5) is 0 Å². The number of aromatic nitrogens is 4. The number of rotatable bonds is 5. The molecule has 0 spiro atoms. The lowest BCUT2D eigenvalue weighted by atomic mass is 9.93. The number of pyridine rings is 1. The molecule has 4 aromatic rings. The zero-order valence-corrected chi connectivity index (χ0v) is 21.0. The first-order valence-corrected chi connectivity index (χ1v) is 12.3. The number of hydrogen-bond acceptors (Lipinski definition) is 8. The van der Waals surface area contributed by atoms with E-state index in [0.29, 0.717) is 31.1 Å². The van der Waals surface area contributed by atoms with Gasteiger partial charge in [0.15, 0.2) is 5.75 Å². The molecule has 1 aromatic carbocycles. The zero-order valence-electron chi connectivity index (χ0n) is 21.0. The largest absolute Gasteiger partial charge is 0.488 e. The molecule has 6 rings (SSSR count). The predicted molar refractivity (Wildman–Crippen MR) is 135 cm³/mol. The quantitative estimate of drug-likeness (QED) is 0.446. The van der Waals surface area contributed by atoms with Crippen molar-refractivity contribution in [3.05, 3.63) is 59.5 Å². The van der Waals surface area contributed by atoms with Crippen molar-refractivity contribution in [3.8, 4) is 22.9 Å². The molecule has 2 aliphatic heterocycles. The van der Waals surface area contributed by atoms with Gasteiger partial charge in [-0.2, -0.15) is 5.26 Å². The highest BCUT2D eigenvalue weighted by Crippen LogP contribution is 2.47. The van der Waals surface area contributed by atoms with Gasteiger partial charge in [0.1, 0.15) is 41.7 Å². The number of aryl methyl sites for hydroxylation is 2. The summed E-state index contributed by atoms with van der Waals surface area (Å²) in [5.74, 6) is 1.96. The minimum atomic E-state index is -0.724.